The predicted molar refractivity (Wildman–Crippen MR) is 367 cm³/mol. The molecule has 2 heterocycles. The number of para-hydroxylation sites is 3. The van der Waals surface area contributed by atoms with E-state index in [1.54, 1.807) is 0 Å². The Bertz CT molecular complexity index is 5710. The third-order valence-electron chi connectivity index (χ3n) is 18.5. The standard InChI is InChI=1S/C84H52N2/c1-2-22-67-65(20-1)66-21-3-4-23-68(66)77-50-59(38-45-71(67)77)57-18-13-16-55(48-57)56-17-14-19-58(49-56)60-39-46-72-73-47-40-61(52-79(73)70-25-6-5-24-69(70)78(72)51-60)64-29-15-33-83-84(64)76-28-9-12-32-82(76)86(83)63-43-36-54(37-44-63)53-34-41-62(42-35-53)85-80-30-10-7-26-74(80)75-27-8-11-31-81(75)85/h1-52H. The molecule has 0 spiro atoms. The molecule has 0 saturated carbocycles. The fourth-order valence-corrected chi connectivity index (χ4v) is 14.5. The molecule has 0 atom stereocenters. The average molecular weight is 1090 g/mol. The molecule has 0 bridgehead atoms. The Kier molecular flexibility index (Phi) is 10.7. The second-order valence-corrected chi connectivity index (χ2v) is 23.1. The van der Waals surface area contributed by atoms with E-state index in [0.717, 1.165) is 11.4 Å². The Hall–Kier alpha value is -11.3. The van der Waals surface area contributed by atoms with Crippen molar-refractivity contribution < 1.29 is 0 Å². The summed E-state index contributed by atoms with van der Waals surface area (Å²) in [6, 6.07) is 117. The Morgan fingerprint density at radius 1 is 0.151 bits per heavy atom. The van der Waals surface area contributed by atoms with Crippen LogP contribution in [0.5, 0.6) is 0 Å². The number of nitrogens with zero attached hydrogens (tertiary/aromatic N) is 2. The molecule has 0 radical (unpaired) electrons. The van der Waals surface area contributed by atoms with Gasteiger partial charge in [-0.25, -0.2) is 0 Å². The van der Waals surface area contributed by atoms with Gasteiger partial charge in [-0.3, -0.25) is 0 Å². The zero-order valence-electron chi connectivity index (χ0n) is 46.9. The lowest BCUT2D eigenvalue weighted by Crippen LogP contribution is -1.94. The van der Waals surface area contributed by atoms with Gasteiger partial charge in [0.2, 0.25) is 0 Å². The van der Waals surface area contributed by atoms with Gasteiger partial charge in [-0.2, -0.15) is 0 Å². The highest BCUT2D eigenvalue weighted by Gasteiger charge is 2.19. The van der Waals surface area contributed by atoms with E-state index in [2.05, 4.69) is 325 Å². The van der Waals surface area contributed by atoms with Crippen LogP contribution in [0.2, 0.25) is 0 Å². The SMILES string of the molecule is c1cc(-c2cccc(-c3ccc4c5ccc(-c6cccc7c6c6ccccc6n7-c6ccc(-c7ccc(-n8c9ccccc9c9ccccc98)cc7)cc6)cc5c5ccccc5c4c3)c2)cc(-c2ccc3c4ccccc4c4ccccc4c3c2)c1. The minimum absolute atomic E-state index is 1.13. The molecule has 2 nitrogen and oxygen atoms in total. The van der Waals surface area contributed by atoms with Crippen molar-refractivity contribution >= 4 is 108 Å². The molecule has 0 amide bonds. The number of fused-ring (bicyclic) bond motifs is 18. The van der Waals surface area contributed by atoms with E-state index in [4.69, 9.17) is 0 Å². The summed E-state index contributed by atoms with van der Waals surface area (Å²) in [6.45, 7) is 0. The third kappa shape index (κ3) is 7.46. The first-order valence-corrected chi connectivity index (χ1v) is 29.8. The fraction of sp³-hybridized carbons (Fsp3) is 0. The maximum absolute atomic E-state index is 2.44. The van der Waals surface area contributed by atoms with Crippen LogP contribution in [0.15, 0.2) is 315 Å². The van der Waals surface area contributed by atoms with Crippen molar-refractivity contribution in [2.24, 2.45) is 0 Å². The summed E-state index contributed by atoms with van der Waals surface area (Å²) >= 11 is 0. The Morgan fingerprint density at radius 2 is 0.430 bits per heavy atom. The van der Waals surface area contributed by atoms with Gasteiger partial charge < -0.3 is 9.13 Å². The number of hydrogen-bond donors (Lipinski definition) is 0. The van der Waals surface area contributed by atoms with Crippen LogP contribution in [0.4, 0.5) is 0 Å². The van der Waals surface area contributed by atoms with Gasteiger partial charge in [-0.15, -0.1) is 0 Å². The quantitative estimate of drug-likeness (QED) is 0.141. The Morgan fingerprint density at radius 3 is 0.860 bits per heavy atom. The summed E-state index contributed by atoms with van der Waals surface area (Å²) in [6.07, 6.45) is 0. The van der Waals surface area contributed by atoms with Crippen LogP contribution in [0, 0.1) is 0 Å². The van der Waals surface area contributed by atoms with Gasteiger partial charge in [0.05, 0.1) is 22.1 Å². The molecule has 18 rings (SSSR count). The van der Waals surface area contributed by atoms with Crippen LogP contribution < -0.4 is 0 Å². The van der Waals surface area contributed by atoms with Crippen molar-refractivity contribution in [3.8, 4) is 67.0 Å². The van der Waals surface area contributed by atoms with E-state index >= 15 is 0 Å². The lowest BCUT2D eigenvalue weighted by atomic mass is 9.89. The number of rotatable bonds is 7. The summed E-state index contributed by atoms with van der Waals surface area (Å²) in [5, 5.41) is 20.3. The van der Waals surface area contributed by atoms with Crippen molar-refractivity contribution in [3.05, 3.63) is 315 Å². The Labute approximate surface area is 496 Å². The maximum Gasteiger partial charge on any atom is 0.0547 e. The van der Waals surface area contributed by atoms with Crippen molar-refractivity contribution in [1.82, 2.24) is 9.13 Å². The van der Waals surface area contributed by atoms with E-state index in [1.165, 1.54) is 164 Å². The fourth-order valence-electron chi connectivity index (χ4n) is 14.5. The molecule has 18 aromatic rings. The molecule has 0 aliphatic heterocycles. The van der Waals surface area contributed by atoms with Crippen LogP contribution in [0.1, 0.15) is 0 Å². The first-order chi connectivity index (χ1) is 42.6. The van der Waals surface area contributed by atoms with Gasteiger partial charge >= 0.3 is 0 Å². The van der Waals surface area contributed by atoms with E-state index in [9.17, 15) is 0 Å². The monoisotopic (exact) mass is 1090 g/mol. The summed E-state index contributed by atoms with van der Waals surface area (Å²) in [5.74, 6) is 0. The molecule has 398 valence electrons. The molecular weight excluding hydrogens is 1040 g/mol. The summed E-state index contributed by atoms with van der Waals surface area (Å²) < 4.78 is 4.81. The normalized spacial score (nSPS) is 12.0. The van der Waals surface area contributed by atoms with Crippen LogP contribution >= 0.6 is 0 Å². The van der Waals surface area contributed by atoms with Gasteiger partial charge in [0, 0.05) is 32.9 Å². The predicted octanol–water partition coefficient (Wildman–Crippen LogP) is 23.1. The topological polar surface area (TPSA) is 9.86 Å². The summed E-state index contributed by atoms with van der Waals surface area (Å²) in [5.41, 5.74) is 19.1. The van der Waals surface area contributed by atoms with E-state index in [0.29, 0.717) is 0 Å². The molecule has 0 unspecified atom stereocenters. The highest BCUT2D eigenvalue weighted by molar-refractivity contribution is 6.28. The minimum atomic E-state index is 1.13. The van der Waals surface area contributed by atoms with E-state index in [-0.39, 0.29) is 0 Å². The molecule has 86 heavy (non-hydrogen) atoms. The third-order valence-corrected chi connectivity index (χ3v) is 18.5. The van der Waals surface area contributed by atoms with Gasteiger partial charge in [0.1, 0.15) is 0 Å². The van der Waals surface area contributed by atoms with Crippen molar-refractivity contribution in [2.75, 3.05) is 0 Å². The molecule has 2 aromatic heterocycles. The molecule has 2 heteroatoms. The number of aromatic nitrogens is 2. The van der Waals surface area contributed by atoms with Gasteiger partial charge in [-0.1, -0.05) is 237 Å². The van der Waals surface area contributed by atoms with Crippen molar-refractivity contribution in [2.45, 2.75) is 0 Å². The number of benzene rings is 16. The highest BCUT2D eigenvalue weighted by atomic mass is 15.0. The Balaban J connectivity index is 0.680. The molecule has 0 N–H and O–H groups in total. The first-order valence-electron chi connectivity index (χ1n) is 29.8. The largest absolute Gasteiger partial charge is 0.309 e. The molecular formula is C84H52N2. The van der Waals surface area contributed by atoms with Gasteiger partial charge in [-0.05, 0) is 199 Å². The second-order valence-electron chi connectivity index (χ2n) is 23.1. The minimum Gasteiger partial charge on any atom is -0.309 e. The van der Waals surface area contributed by atoms with E-state index < -0.39 is 0 Å². The van der Waals surface area contributed by atoms with Crippen LogP contribution in [-0.2, 0) is 0 Å². The van der Waals surface area contributed by atoms with Crippen LogP contribution in [0.25, 0.3) is 175 Å². The molecule has 0 aliphatic carbocycles. The maximum atomic E-state index is 2.44. The molecule has 0 saturated heterocycles. The highest BCUT2D eigenvalue weighted by Crippen LogP contribution is 2.44. The molecule has 0 aliphatic rings. The molecule has 16 aromatic carbocycles. The zero-order chi connectivity index (χ0) is 56.4. The van der Waals surface area contributed by atoms with Crippen LogP contribution in [0.3, 0.4) is 0 Å². The summed E-state index contributed by atoms with van der Waals surface area (Å²) in [7, 11) is 0. The van der Waals surface area contributed by atoms with E-state index in [1.807, 2.05) is 0 Å². The second kappa shape index (κ2) is 19.1. The van der Waals surface area contributed by atoms with Crippen molar-refractivity contribution in [1.29, 1.82) is 0 Å². The lowest BCUT2D eigenvalue weighted by Gasteiger charge is -2.15. The lowest BCUT2D eigenvalue weighted by molar-refractivity contribution is 1.18. The number of hydrogen-bond acceptors (Lipinski definition) is 0. The smallest absolute Gasteiger partial charge is 0.0547 e. The van der Waals surface area contributed by atoms with Gasteiger partial charge in [0.15, 0.2) is 0 Å². The molecule has 0 fully saturated rings. The first kappa shape index (κ1) is 48.2. The van der Waals surface area contributed by atoms with Crippen molar-refractivity contribution in [3.63, 3.8) is 0 Å². The average Bonchev–Trinajstić information content (AvgIpc) is 1.70. The van der Waals surface area contributed by atoms with Gasteiger partial charge in [0.25, 0.3) is 0 Å². The summed E-state index contributed by atoms with van der Waals surface area (Å²) in [4.78, 5) is 0. The van der Waals surface area contributed by atoms with Crippen LogP contribution in [-0.4, -0.2) is 9.13 Å². The zero-order valence-corrected chi connectivity index (χ0v) is 46.9.